The van der Waals surface area contributed by atoms with Gasteiger partial charge in [0.1, 0.15) is 18.0 Å². The van der Waals surface area contributed by atoms with E-state index >= 15 is 0 Å². The Kier molecular flexibility index (Phi) is 4.35. The molecule has 0 aliphatic carbocycles. The monoisotopic (exact) mass is 232 g/mol. The summed E-state index contributed by atoms with van der Waals surface area (Å²) in [6.07, 6.45) is -2.37. The maximum absolute atomic E-state index is 9.57. The van der Waals surface area contributed by atoms with Crippen molar-refractivity contribution in [2.24, 2.45) is 0 Å². The number of aliphatic hydroxyl groups is 3. The van der Waals surface area contributed by atoms with E-state index in [4.69, 9.17) is 21.4 Å². The lowest BCUT2D eigenvalue weighted by Crippen LogP contribution is -2.21. The molecule has 0 amide bonds. The van der Waals surface area contributed by atoms with Crippen molar-refractivity contribution in [1.82, 2.24) is 0 Å². The van der Waals surface area contributed by atoms with Gasteiger partial charge in [-0.1, -0.05) is 17.7 Å². The van der Waals surface area contributed by atoms with Crippen LogP contribution in [0.15, 0.2) is 18.2 Å². The van der Waals surface area contributed by atoms with Crippen molar-refractivity contribution in [1.29, 1.82) is 0 Å². The zero-order valence-corrected chi connectivity index (χ0v) is 8.98. The number of methoxy groups -OCH3 is 1. The van der Waals surface area contributed by atoms with E-state index in [2.05, 4.69) is 0 Å². The normalized spacial score (nSPS) is 14.7. The Labute approximate surface area is 92.7 Å². The van der Waals surface area contributed by atoms with Gasteiger partial charge >= 0.3 is 0 Å². The molecular formula is C10H13ClO4. The molecule has 0 aliphatic heterocycles. The number of hydrogen-bond donors (Lipinski definition) is 3. The van der Waals surface area contributed by atoms with Crippen LogP contribution in [0.25, 0.3) is 0 Å². The van der Waals surface area contributed by atoms with Crippen LogP contribution in [-0.2, 0) is 0 Å². The van der Waals surface area contributed by atoms with Crippen LogP contribution in [0.3, 0.4) is 0 Å². The molecule has 0 aromatic heterocycles. The highest BCUT2D eigenvalue weighted by molar-refractivity contribution is 6.32. The number of hydrogen-bond acceptors (Lipinski definition) is 4. The van der Waals surface area contributed by atoms with Crippen LogP contribution in [-0.4, -0.2) is 35.1 Å². The molecule has 84 valence electrons. The molecule has 0 saturated heterocycles. The standard InChI is InChI=1S/C10H13ClO4/c1-15-9-3-2-6(4-7(9)11)10(14)8(13)5-12/h2-4,8,10,12-14H,5H2,1H3. The maximum atomic E-state index is 9.57. The van der Waals surface area contributed by atoms with Crippen LogP contribution >= 0.6 is 11.6 Å². The van der Waals surface area contributed by atoms with E-state index in [0.717, 1.165) is 0 Å². The summed E-state index contributed by atoms with van der Waals surface area (Å²) in [5.41, 5.74) is 0.433. The predicted molar refractivity (Wildman–Crippen MR) is 56.1 cm³/mol. The molecular weight excluding hydrogens is 220 g/mol. The molecule has 5 heteroatoms. The van der Waals surface area contributed by atoms with Gasteiger partial charge in [-0.25, -0.2) is 0 Å². The topological polar surface area (TPSA) is 69.9 Å². The molecule has 1 aromatic rings. The fourth-order valence-corrected chi connectivity index (χ4v) is 1.45. The van der Waals surface area contributed by atoms with Crippen molar-refractivity contribution >= 4 is 11.6 Å². The van der Waals surface area contributed by atoms with Crippen molar-refractivity contribution in [3.05, 3.63) is 28.8 Å². The Hall–Kier alpha value is -0.810. The largest absolute Gasteiger partial charge is 0.495 e. The van der Waals surface area contributed by atoms with Gasteiger partial charge in [0.05, 0.1) is 18.7 Å². The molecule has 3 N–H and O–H groups in total. The van der Waals surface area contributed by atoms with Gasteiger partial charge in [-0.2, -0.15) is 0 Å². The fourth-order valence-electron chi connectivity index (χ4n) is 1.19. The minimum absolute atomic E-state index is 0.346. The number of rotatable bonds is 4. The fraction of sp³-hybridized carbons (Fsp3) is 0.400. The van der Waals surface area contributed by atoms with Crippen LogP contribution < -0.4 is 4.74 Å². The quantitative estimate of drug-likeness (QED) is 0.716. The lowest BCUT2D eigenvalue weighted by molar-refractivity contribution is -0.0152. The molecule has 0 heterocycles. The van der Waals surface area contributed by atoms with Gasteiger partial charge in [-0.05, 0) is 17.7 Å². The molecule has 0 radical (unpaired) electrons. The summed E-state index contributed by atoms with van der Waals surface area (Å²) in [6, 6.07) is 4.66. The minimum Gasteiger partial charge on any atom is -0.495 e. The highest BCUT2D eigenvalue weighted by atomic mass is 35.5. The maximum Gasteiger partial charge on any atom is 0.137 e. The molecule has 4 nitrogen and oxygen atoms in total. The van der Waals surface area contributed by atoms with E-state index in [9.17, 15) is 10.2 Å². The second kappa shape index (κ2) is 5.32. The average Bonchev–Trinajstić information content (AvgIpc) is 2.26. The van der Waals surface area contributed by atoms with Crippen LogP contribution in [0.1, 0.15) is 11.7 Å². The summed E-state index contributed by atoms with van der Waals surface area (Å²) < 4.78 is 4.94. The van der Waals surface area contributed by atoms with Crippen LogP contribution in [0, 0.1) is 0 Å². The summed E-state index contributed by atoms with van der Waals surface area (Å²) in [7, 11) is 1.49. The first-order chi connectivity index (χ1) is 7.10. The first-order valence-electron chi connectivity index (χ1n) is 4.40. The Morgan fingerprint density at radius 2 is 2.07 bits per heavy atom. The van der Waals surface area contributed by atoms with E-state index in [-0.39, 0.29) is 0 Å². The number of aliphatic hydroxyl groups excluding tert-OH is 3. The highest BCUT2D eigenvalue weighted by Crippen LogP contribution is 2.28. The summed E-state index contributed by atoms with van der Waals surface area (Å²) in [5.74, 6) is 0.492. The summed E-state index contributed by atoms with van der Waals surface area (Å²) in [4.78, 5) is 0. The number of halogens is 1. The van der Waals surface area contributed by atoms with Crippen molar-refractivity contribution in [2.45, 2.75) is 12.2 Å². The molecule has 2 atom stereocenters. The lowest BCUT2D eigenvalue weighted by Gasteiger charge is -2.16. The lowest BCUT2D eigenvalue weighted by atomic mass is 10.0. The summed E-state index contributed by atoms with van der Waals surface area (Å²) in [5, 5.41) is 27.8. The molecule has 1 rings (SSSR count). The molecule has 15 heavy (non-hydrogen) atoms. The molecule has 0 saturated carbocycles. The Morgan fingerprint density at radius 3 is 2.53 bits per heavy atom. The Bertz CT molecular complexity index is 329. The molecule has 0 fully saturated rings. The van der Waals surface area contributed by atoms with E-state index in [1.807, 2.05) is 0 Å². The zero-order chi connectivity index (χ0) is 11.4. The van der Waals surface area contributed by atoms with Crippen molar-refractivity contribution < 1.29 is 20.1 Å². The SMILES string of the molecule is COc1ccc(C(O)C(O)CO)cc1Cl. The third-order valence-electron chi connectivity index (χ3n) is 2.07. The van der Waals surface area contributed by atoms with E-state index in [0.29, 0.717) is 16.3 Å². The second-order valence-corrected chi connectivity index (χ2v) is 3.50. The van der Waals surface area contributed by atoms with Gasteiger partial charge < -0.3 is 20.1 Å². The first kappa shape index (κ1) is 12.3. The zero-order valence-electron chi connectivity index (χ0n) is 8.22. The third kappa shape index (κ3) is 2.82. The Morgan fingerprint density at radius 1 is 1.40 bits per heavy atom. The molecule has 1 aromatic carbocycles. The molecule has 2 unspecified atom stereocenters. The third-order valence-corrected chi connectivity index (χ3v) is 2.36. The van der Waals surface area contributed by atoms with Crippen molar-refractivity contribution in [2.75, 3.05) is 13.7 Å². The predicted octanol–water partition coefficient (Wildman–Crippen LogP) is 0.735. The van der Waals surface area contributed by atoms with Crippen LogP contribution in [0.4, 0.5) is 0 Å². The van der Waals surface area contributed by atoms with E-state index in [1.165, 1.54) is 13.2 Å². The summed E-state index contributed by atoms with van der Waals surface area (Å²) in [6.45, 7) is -0.509. The molecule has 0 aliphatic rings. The van der Waals surface area contributed by atoms with Crippen LogP contribution in [0.2, 0.25) is 5.02 Å². The van der Waals surface area contributed by atoms with E-state index in [1.54, 1.807) is 12.1 Å². The van der Waals surface area contributed by atoms with Crippen molar-refractivity contribution in [3.8, 4) is 5.75 Å². The average molecular weight is 233 g/mol. The van der Waals surface area contributed by atoms with Gasteiger partial charge in [0.2, 0.25) is 0 Å². The van der Waals surface area contributed by atoms with Gasteiger partial charge in [-0.3, -0.25) is 0 Å². The number of ether oxygens (including phenoxy) is 1. The summed E-state index contributed by atoms with van der Waals surface area (Å²) >= 11 is 5.84. The minimum atomic E-state index is -1.21. The van der Waals surface area contributed by atoms with Crippen molar-refractivity contribution in [3.63, 3.8) is 0 Å². The molecule has 0 spiro atoms. The first-order valence-corrected chi connectivity index (χ1v) is 4.78. The molecule has 0 bridgehead atoms. The van der Waals surface area contributed by atoms with Crippen LogP contribution in [0.5, 0.6) is 5.75 Å². The number of benzene rings is 1. The van der Waals surface area contributed by atoms with Gasteiger partial charge in [0, 0.05) is 0 Å². The van der Waals surface area contributed by atoms with Gasteiger partial charge in [-0.15, -0.1) is 0 Å². The highest BCUT2D eigenvalue weighted by Gasteiger charge is 2.18. The van der Waals surface area contributed by atoms with E-state index < -0.39 is 18.8 Å². The smallest absolute Gasteiger partial charge is 0.137 e. The van der Waals surface area contributed by atoms with Gasteiger partial charge in [0.15, 0.2) is 0 Å². The second-order valence-electron chi connectivity index (χ2n) is 3.09. The van der Waals surface area contributed by atoms with Gasteiger partial charge in [0.25, 0.3) is 0 Å². The Balaban J connectivity index is 2.92.